The van der Waals surface area contributed by atoms with E-state index in [0.717, 1.165) is 0 Å². The fourth-order valence-electron chi connectivity index (χ4n) is 2.76. The van der Waals surface area contributed by atoms with Gasteiger partial charge in [-0.2, -0.15) is 0 Å². The van der Waals surface area contributed by atoms with E-state index in [1.807, 2.05) is 4.90 Å². The monoisotopic (exact) mass is 191 g/mol. The minimum absolute atomic E-state index is 0.132. The highest BCUT2D eigenvalue weighted by molar-refractivity contribution is 5.92. The SMILES string of the molecule is O=C(c1cnc[nH]1)N1C2CCC1CC2. The van der Waals surface area contributed by atoms with Crippen LogP contribution in [0.15, 0.2) is 12.5 Å². The smallest absolute Gasteiger partial charge is 0.272 e. The highest BCUT2D eigenvalue weighted by Crippen LogP contribution is 2.37. The van der Waals surface area contributed by atoms with Crippen LogP contribution in [0.4, 0.5) is 0 Å². The van der Waals surface area contributed by atoms with E-state index in [4.69, 9.17) is 0 Å². The molecular formula is C10H13N3O. The number of nitrogens with zero attached hydrogens (tertiary/aromatic N) is 2. The number of imidazole rings is 1. The van der Waals surface area contributed by atoms with Gasteiger partial charge < -0.3 is 9.88 Å². The zero-order chi connectivity index (χ0) is 9.54. The van der Waals surface area contributed by atoms with Crippen LogP contribution in [-0.4, -0.2) is 32.9 Å². The second-order valence-electron chi connectivity index (χ2n) is 4.14. The van der Waals surface area contributed by atoms with E-state index in [2.05, 4.69) is 9.97 Å². The molecule has 2 saturated heterocycles. The first kappa shape index (κ1) is 8.03. The summed E-state index contributed by atoms with van der Waals surface area (Å²) < 4.78 is 0. The maximum atomic E-state index is 12.0. The average molecular weight is 191 g/mol. The van der Waals surface area contributed by atoms with Crippen molar-refractivity contribution in [3.63, 3.8) is 0 Å². The van der Waals surface area contributed by atoms with Crippen molar-refractivity contribution in [2.75, 3.05) is 0 Å². The first-order chi connectivity index (χ1) is 6.86. The van der Waals surface area contributed by atoms with Crippen LogP contribution in [0.3, 0.4) is 0 Å². The van der Waals surface area contributed by atoms with Gasteiger partial charge in [-0.1, -0.05) is 0 Å². The molecular weight excluding hydrogens is 178 g/mol. The molecule has 0 unspecified atom stereocenters. The number of carbonyl (C=O) groups excluding carboxylic acids is 1. The third kappa shape index (κ3) is 0.997. The van der Waals surface area contributed by atoms with Gasteiger partial charge in [-0.3, -0.25) is 4.79 Å². The van der Waals surface area contributed by atoms with Crippen LogP contribution in [0.1, 0.15) is 36.2 Å². The van der Waals surface area contributed by atoms with Crippen LogP contribution in [0.25, 0.3) is 0 Å². The Labute approximate surface area is 82.3 Å². The van der Waals surface area contributed by atoms with Gasteiger partial charge in [0, 0.05) is 12.1 Å². The molecule has 0 atom stereocenters. The van der Waals surface area contributed by atoms with Crippen molar-refractivity contribution in [2.45, 2.75) is 37.8 Å². The maximum Gasteiger partial charge on any atom is 0.272 e. The van der Waals surface area contributed by atoms with Crippen molar-refractivity contribution in [3.8, 4) is 0 Å². The maximum absolute atomic E-state index is 12.0. The first-order valence-corrected chi connectivity index (χ1v) is 5.17. The summed E-state index contributed by atoms with van der Waals surface area (Å²) >= 11 is 0. The number of aromatic amines is 1. The topological polar surface area (TPSA) is 49.0 Å². The Morgan fingerprint density at radius 1 is 1.36 bits per heavy atom. The van der Waals surface area contributed by atoms with Gasteiger partial charge in [0.1, 0.15) is 5.69 Å². The zero-order valence-electron chi connectivity index (χ0n) is 7.94. The van der Waals surface area contributed by atoms with Crippen molar-refractivity contribution in [1.82, 2.24) is 14.9 Å². The molecule has 2 aliphatic heterocycles. The molecule has 1 aromatic heterocycles. The number of hydrogen-bond donors (Lipinski definition) is 1. The molecule has 2 bridgehead atoms. The van der Waals surface area contributed by atoms with E-state index in [9.17, 15) is 4.79 Å². The predicted molar refractivity (Wildman–Crippen MR) is 50.8 cm³/mol. The largest absolute Gasteiger partial charge is 0.341 e. The summed E-state index contributed by atoms with van der Waals surface area (Å²) in [5.74, 6) is 0.132. The highest BCUT2D eigenvalue weighted by Gasteiger charge is 2.42. The van der Waals surface area contributed by atoms with Crippen LogP contribution in [0.5, 0.6) is 0 Å². The number of aromatic nitrogens is 2. The van der Waals surface area contributed by atoms with Crippen LogP contribution in [0.2, 0.25) is 0 Å². The molecule has 1 N–H and O–H groups in total. The van der Waals surface area contributed by atoms with E-state index in [1.54, 1.807) is 12.5 Å². The molecule has 1 aromatic rings. The van der Waals surface area contributed by atoms with Crippen molar-refractivity contribution >= 4 is 5.91 Å². The number of hydrogen-bond acceptors (Lipinski definition) is 2. The molecule has 2 fully saturated rings. The Morgan fingerprint density at radius 3 is 2.50 bits per heavy atom. The van der Waals surface area contributed by atoms with Crippen LogP contribution in [-0.2, 0) is 0 Å². The van der Waals surface area contributed by atoms with Gasteiger partial charge in [0.15, 0.2) is 0 Å². The Morgan fingerprint density at radius 2 is 2.00 bits per heavy atom. The third-order valence-electron chi connectivity index (χ3n) is 3.42. The van der Waals surface area contributed by atoms with Crippen LogP contribution < -0.4 is 0 Å². The van der Waals surface area contributed by atoms with Gasteiger partial charge in [0.25, 0.3) is 5.91 Å². The molecule has 3 heterocycles. The summed E-state index contributed by atoms with van der Waals surface area (Å²) in [6.07, 6.45) is 7.91. The molecule has 0 aliphatic carbocycles. The first-order valence-electron chi connectivity index (χ1n) is 5.17. The molecule has 4 heteroatoms. The van der Waals surface area contributed by atoms with Gasteiger partial charge in [0.2, 0.25) is 0 Å². The lowest BCUT2D eigenvalue weighted by Gasteiger charge is -2.20. The highest BCUT2D eigenvalue weighted by atomic mass is 16.2. The summed E-state index contributed by atoms with van der Waals surface area (Å²) in [6, 6.07) is 0.992. The van der Waals surface area contributed by atoms with Crippen molar-refractivity contribution in [1.29, 1.82) is 0 Å². The van der Waals surface area contributed by atoms with E-state index in [1.165, 1.54) is 25.7 Å². The second-order valence-corrected chi connectivity index (χ2v) is 4.14. The predicted octanol–water partition coefficient (Wildman–Crippen LogP) is 1.18. The quantitative estimate of drug-likeness (QED) is 0.724. The number of amides is 1. The molecule has 14 heavy (non-hydrogen) atoms. The van der Waals surface area contributed by atoms with Gasteiger partial charge in [-0.05, 0) is 25.7 Å². The number of carbonyl (C=O) groups is 1. The molecule has 0 aromatic carbocycles. The Kier molecular flexibility index (Phi) is 1.63. The third-order valence-corrected chi connectivity index (χ3v) is 3.42. The minimum Gasteiger partial charge on any atom is -0.341 e. The van der Waals surface area contributed by atoms with E-state index >= 15 is 0 Å². The van der Waals surface area contributed by atoms with E-state index in [-0.39, 0.29) is 5.91 Å². The molecule has 1 amide bonds. The summed E-state index contributed by atoms with van der Waals surface area (Å²) in [7, 11) is 0. The normalized spacial score (nSPS) is 29.9. The molecule has 0 radical (unpaired) electrons. The van der Waals surface area contributed by atoms with Crippen molar-refractivity contribution in [3.05, 3.63) is 18.2 Å². The zero-order valence-corrected chi connectivity index (χ0v) is 7.94. The summed E-state index contributed by atoms with van der Waals surface area (Å²) in [4.78, 5) is 20.8. The van der Waals surface area contributed by atoms with Crippen LogP contribution in [0, 0.1) is 0 Å². The fourth-order valence-corrected chi connectivity index (χ4v) is 2.76. The van der Waals surface area contributed by atoms with Gasteiger partial charge >= 0.3 is 0 Å². The number of H-pyrrole nitrogens is 1. The number of fused-ring (bicyclic) bond motifs is 2. The van der Waals surface area contributed by atoms with Crippen molar-refractivity contribution < 1.29 is 4.79 Å². The van der Waals surface area contributed by atoms with Gasteiger partial charge in [-0.25, -0.2) is 4.98 Å². The lowest BCUT2D eigenvalue weighted by Crippen LogP contribution is -2.35. The Bertz CT molecular complexity index is 326. The molecule has 3 rings (SSSR count). The minimum atomic E-state index is 0.132. The molecule has 74 valence electrons. The lowest BCUT2D eigenvalue weighted by atomic mass is 10.0. The number of nitrogens with one attached hydrogen (secondary N) is 1. The second kappa shape index (κ2) is 2.83. The Balaban J connectivity index is 1.87. The van der Waals surface area contributed by atoms with Gasteiger partial charge in [0.05, 0.1) is 12.5 Å². The average Bonchev–Trinajstić information content (AvgIpc) is 2.94. The van der Waals surface area contributed by atoms with E-state index < -0.39 is 0 Å². The standard InChI is InChI=1S/C10H13N3O/c14-10(9-5-11-6-12-9)13-7-1-2-8(13)4-3-7/h5-8H,1-4H2,(H,11,12). The molecule has 2 aliphatic rings. The Hall–Kier alpha value is -1.32. The van der Waals surface area contributed by atoms with E-state index in [0.29, 0.717) is 17.8 Å². The molecule has 4 nitrogen and oxygen atoms in total. The summed E-state index contributed by atoms with van der Waals surface area (Å²) in [6.45, 7) is 0. The lowest BCUT2D eigenvalue weighted by molar-refractivity contribution is 0.0724. The van der Waals surface area contributed by atoms with Crippen molar-refractivity contribution in [2.24, 2.45) is 0 Å². The van der Waals surface area contributed by atoms with Gasteiger partial charge in [-0.15, -0.1) is 0 Å². The fraction of sp³-hybridized carbons (Fsp3) is 0.600. The molecule has 0 spiro atoms. The molecule has 0 saturated carbocycles. The van der Waals surface area contributed by atoms with Crippen LogP contribution >= 0.6 is 0 Å². The number of rotatable bonds is 1. The summed E-state index contributed by atoms with van der Waals surface area (Å²) in [5, 5.41) is 0. The summed E-state index contributed by atoms with van der Waals surface area (Å²) in [5.41, 5.74) is 0.629.